The fourth-order valence-corrected chi connectivity index (χ4v) is 2.78. The summed E-state index contributed by atoms with van der Waals surface area (Å²) in [7, 11) is 1.81. The second-order valence-electron chi connectivity index (χ2n) is 5.93. The molecule has 0 aliphatic carbocycles. The van der Waals surface area contributed by atoms with Crippen LogP contribution in [0.1, 0.15) is 27.3 Å². The molecule has 0 aliphatic rings. The molecule has 0 atom stereocenters. The van der Waals surface area contributed by atoms with Gasteiger partial charge in [-0.15, -0.1) is 0 Å². The molecule has 1 heterocycles. The van der Waals surface area contributed by atoms with Crippen molar-refractivity contribution in [2.24, 2.45) is 7.05 Å². The molecular formula is C20H21N3O. The molecule has 0 aliphatic heterocycles. The van der Waals surface area contributed by atoms with E-state index in [9.17, 15) is 4.79 Å². The van der Waals surface area contributed by atoms with E-state index in [2.05, 4.69) is 5.10 Å². The molecule has 0 unspecified atom stereocenters. The van der Waals surface area contributed by atoms with Crippen molar-refractivity contribution in [3.8, 4) is 0 Å². The van der Waals surface area contributed by atoms with Crippen molar-refractivity contribution < 1.29 is 4.79 Å². The van der Waals surface area contributed by atoms with E-state index >= 15 is 0 Å². The number of amides is 1. The highest BCUT2D eigenvalue weighted by Crippen LogP contribution is 2.14. The van der Waals surface area contributed by atoms with E-state index in [1.165, 1.54) is 0 Å². The van der Waals surface area contributed by atoms with Gasteiger partial charge >= 0.3 is 0 Å². The second-order valence-corrected chi connectivity index (χ2v) is 5.93. The van der Waals surface area contributed by atoms with E-state index in [0.717, 1.165) is 16.8 Å². The Labute approximate surface area is 142 Å². The summed E-state index contributed by atoms with van der Waals surface area (Å²) in [5.41, 5.74) is 3.68. The number of carbonyl (C=O) groups is 1. The lowest BCUT2D eigenvalue weighted by Gasteiger charge is -2.23. The Morgan fingerprint density at radius 2 is 1.46 bits per heavy atom. The summed E-state index contributed by atoms with van der Waals surface area (Å²) >= 11 is 0. The van der Waals surface area contributed by atoms with Gasteiger partial charge < -0.3 is 4.90 Å². The van der Waals surface area contributed by atoms with Crippen LogP contribution in [0.5, 0.6) is 0 Å². The van der Waals surface area contributed by atoms with Crippen molar-refractivity contribution in [2.45, 2.75) is 20.0 Å². The second kappa shape index (κ2) is 7.13. The van der Waals surface area contributed by atoms with Gasteiger partial charge in [0.2, 0.25) is 0 Å². The van der Waals surface area contributed by atoms with Gasteiger partial charge in [-0.1, -0.05) is 60.7 Å². The third-order valence-electron chi connectivity index (χ3n) is 3.94. The summed E-state index contributed by atoms with van der Waals surface area (Å²) in [6.07, 6.45) is 0. The molecule has 0 bridgehead atoms. The normalized spacial score (nSPS) is 10.6. The Balaban J connectivity index is 1.89. The Bertz CT molecular complexity index is 768. The van der Waals surface area contributed by atoms with Gasteiger partial charge in [-0.3, -0.25) is 9.48 Å². The number of rotatable bonds is 5. The molecule has 0 fully saturated rings. The Hall–Kier alpha value is -2.88. The monoisotopic (exact) mass is 319 g/mol. The first-order valence-corrected chi connectivity index (χ1v) is 8.01. The van der Waals surface area contributed by atoms with E-state index in [4.69, 9.17) is 0 Å². The summed E-state index contributed by atoms with van der Waals surface area (Å²) in [6, 6.07) is 22.0. The molecule has 0 saturated carbocycles. The third kappa shape index (κ3) is 3.71. The molecule has 3 rings (SSSR count). The maximum atomic E-state index is 13.1. The first-order chi connectivity index (χ1) is 11.6. The number of benzene rings is 2. The van der Waals surface area contributed by atoms with Crippen LogP contribution in [0.15, 0.2) is 66.7 Å². The fourth-order valence-electron chi connectivity index (χ4n) is 2.78. The predicted molar refractivity (Wildman–Crippen MR) is 94.4 cm³/mol. The molecule has 1 amide bonds. The standard InChI is InChI=1S/C20H21N3O/c1-16-13-19(22(2)21-16)20(24)23(14-17-9-5-3-6-10-17)15-18-11-7-4-8-12-18/h3-13H,14-15H2,1-2H3. The lowest BCUT2D eigenvalue weighted by molar-refractivity contribution is 0.0719. The van der Waals surface area contributed by atoms with Crippen molar-refractivity contribution in [3.05, 3.63) is 89.2 Å². The molecule has 2 aromatic carbocycles. The van der Waals surface area contributed by atoms with Crippen LogP contribution in [-0.4, -0.2) is 20.6 Å². The van der Waals surface area contributed by atoms with Gasteiger partial charge in [0.1, 0.15) is 5.69 Å². The van der Waals surface area contributed by atoms with Crippen LogP contribution in [0.4, 0.5) is 0 Å². The quantitative estimate of drug-likeness (QED) is 0.721. The van der Waals surface area contributed by atoms with Gasteiger partial charge in [0.25, 0.3) is 5.91 Å². The van der Waals surface area contributed by atoms with Crippen LogP contribution in [-0.2, 0) is 20.1 Å². The summed E-state index contributed by atoms with van der Waals surface area (Å²) in [5, 5.41) is 4.30. The molecule has 0 N–H and O–H groups in total. The zero-order valence-corrected chi connectivity index (χ0v) is 14.0. The first kappa shape index (κ1) is 16.0. The van der Waals surface area contributed by atoms with E-state index in [1.807, 2.05) is 85.6 Å². The van der Waals surface area contributed by atoms with E-state index < -0.39 is 0 Å². The highest BCUT2D eigenvalue weighted by molar-refractivity contribution is 5.92. The van der Waals surface area contributed by atoms with Crippen LogP contribution in [0.25, 0.3) is 0 Å². The van der Waals surface area contributed by atoms with Gasteiger partial charge in [0.05, 0.1) is 5.69 Å². The topological polar surface area (TPSA) is 38.1 Å². The highest BCUT2D eigenvalue weighted by atomic mass is 16.2. The minimum Gasteiger partial charge on any atom is -0.329 e. The number of carbonyl (C=O) groups excluding carboxylic acids is 1. The average molecular weight is 319 g/mol. The number of aryl methyl sites for hydroxylation is 2. The number of nitrogens with zero attached hydrogens (tertiary/aromatic N) is 3. The van der Waals surface area contributed by atoms with Gasteiger partial charge in [-0.05, 0) is 24.1 Å². The molecule has 122 valence electrons. The SMILES string of the molecule is Cc1cc(C(=O)N(Cc2ccccc2)Cc2ccccc2)n(C)n1. The maximum absolute atomic E-state index is 13.1. The molecule has 3 aromatic rings. The van der Waals surface area contributed by atoms with Gasteiger partial charge in [-0.2, -0.15) is 5.10 Å². The molecule has 0 radical (unpaired) electrons. The minimum absolute atomic E-state index is 0.00851. The largest absolute Gasteiger partial charge is 0.329 e. The summed E-state index contributed by atoms with van der Waals surface area (Å²) in [4.78, 5) is 14.9. The third-order valence-corrected chi connectivity index (χ3v) is 3.94. The zero-order chi connectivity index (χ0) is 16.9. The van der Waals surface area contributed by atoms with Crippen LogP contribution < -0.4 is 0 Å². The summed E-state index contributed by atoms with van der Waals surface area (Å²) in [5.74, 6) is -0.00851. The highest BCUT2D eigenvalue weighted by Gasteiger charge is 2.20. The molecule has 0 saturated heterocycles. The minimum atomic E-state index is -0.00851. The Kier molecular flexibility index (Phi) is 4.75. The molecule has 24 heavy (non-hydrogen) atoms. The van der Waals surface area contributed by atoms with E-state index in [-0.39, 0.29) is 5.91 Å². The average Bonchev–Trinajstić information content (AvgIpc) is 2.94. The van der Waals surface area contributed by atoms with E-state index in [1.54, 1.807) is 4.68 Å². The van der Waals surface area contributed by atoms with Crippen molar-refractivity contribution in [2.75, 3.05) is 0 Å². The Morgan fingerprint density at radius 1 is 0.958 bits per heavy atom. The predicted octanol–water partition coefficient (Wildman–Crippen LogP) is 3.57. The summed E-state index contributed by atoms with van der Waals surface area (Å²) < 4.78 is 1.65. The molecular weight excluding hydrogens is 298 g/mol. The molecule has 4 heteroatoms. The van der Waals surface area contributed by atoms with Crippen LogP contribution >= 0.6 is 0 Å². The van der Waals surface area contributed by atoms with Gasteiger partial charge in [-0.25, -0.2) is 0 Å². The Morgan fingerprint density at radius 3 is 1.88 bits per heavy atom. The summed E-state index contributed by atoms with van der Waals surface area (Å²) in [6.45, 7) is 3.03. The number of hydrogen-bond donors (Lipinski definition) is 0. The van der Waals surface area contributed by atoms with Crippen LogP contribution in [0.3, 0.4) is 0 Å². The molecule has 4 nitrogen and oxygen atoms in total. The maximum Gasteiger partial charge on any atom is 0.272 e. The number of hydrogen-bond acceptors (Lipinski definition) is 2. The fraction of sp³-hybridized carbons (Fsp3) is 0.200. The van der Waals surface area contributed by atoms with Crippen LogP contribution in [0.2, 0.25) is 0 Å². The molecule has 1 aromatic heterocycles. The van der Waals surface area contributed by atoms with Crippen molar-refractivity contribution in [1.82, 2.24) is 14.7 Å². The lowest BCUT2D eigenvalue weighted by atomic mass is 10.1. The zero-order valence-electron chi connectivity index (χ0n) is 14.0. The first-order valence-electron chi connectivity index (χ1n) is 8.01. The van der Waals surface area contributed by atoms with Crippen molar-refractivity contribution >= 4 is 5.91 Å². The van der Waals surface area contributed by atoms with Gasteiger partial charge in [0.15, 0.2) is 0 Å². The van der Waals surface area contributed by atoms with Crippen molar-refractivity contribution in [3.63, 3.8) is 0 Å². The van der Waals surface area contributed by atoms with Crippen LogP contribution in [0, 0.1) is 6.92 Å². The van der Waals surface area contributed by atoms with Crippen molar-refractivity contribution in [1.29, 1.82) is 0 Å². The van der Waals surface area contributed by atoms with Gasteiger partial charge in [0, 0.05) is 20.1 Å². The van der Waals surface area contributed by atoms with E-state index in [0.29, 0.717) is 18.8 Å². The molecule has 0 spiro atoms. The smallest absolute Gasteiger partial charge is 0.272 e. The number of aromatic nitrogens is 2. The lowest BCUT2D eigenvalue weighted by Crippen LogP contribution is -2.31.